The first-order chi connectivity index (χ1) is 57.5. The Labute approximate surface area is 703 Å². The quantitative estimate of drug-likeness (QED) is 0.0997. The zero-order valence-corrected chi connectivity index (χ0v) is 74.0. The van der Waals surface area contributed by atoms with Crippen molar-refractivity contribution in [1.29, 1.82) is 0 Å². The molecule has 0 spiro atoms. The number of fused-ring (bicyclic) bond motifs is 2. The van der Waals surface area contributed by atoms with Crippen molar-refractivity contribution >= 4 is 45.5 Å². The Balaban J connectivity index is 0.000000170. The van der Waals surface area contributed by atoms with E-state index in [1.807, 2.05) is 125 Å². The van der Waals surface area contributed by atoms with Crippen molar-refractivity contribution in [1.82, 2.24) is 9.80 Å². The highest BCUT2D eigenvalue weighted by Gasteiger charge is 2.37. The van der Waals surface area contributed by atoms with Crippen molar-refractivity contribution < 1.29 is 21.5 Å². The zero-order chi connectivity index (χ0) is 91.1. The summed E-state index contributed by atoms with van der Waals surface area (Å²) in [5.41, 5.74) is 29.1. The molecule has 114 heavy (non-hydrogen) atoms. The Morgan fingerprint density at radius 3 is 0.982 bits per heavy atom. The molecule has 604 valence electrons. The van der Waals surface area contributed by atoms with Crippen LogP contribution in [0.15, 0.2) is 231 Å². The predicted octanol–water partition coefficient (Wildman–Crippen LogP) is 25.3. The Morgan fingerprint density at radius 1 is 0.325 bits per heavy atom. The molecule has 10 heteroatoms. The number of hydrogen-bond acceptors (Lipinski definition) is 8. The van der Waals surface area contributed by atoms with Gasteiger partial charge in [0.2, 0.25) is 11.4 Å². The highest BCUT2D eigenvalue weighted by molar-refractivity contribution is 5.85. The van der Waals surface area contributed by atoms with Gasteiger partial charge in [-0.3, -0.25) is 0 Å². The van der Waals surface area contributed by atoms with Gasteiger partial charge in [0, 0.05) is 122 Å². The molecule has 8 aromatic carbocycles. The Morgan fingerprint density at radius 2 is 0.640 bits per heavy atom. The van der Waals surface area contributed by atoms with Crippen molar-refractivity contribution in [2.75, 3.05) is 57.4 Å². The largest absolute Gasteiger partial charge is 0.359 e. The lowest BCUT2D eigenvalue weighted by atomic mass is 9.71. The van der Waals surface area contributed by atoms with Gasteiger partial charge in [-0.25, -0.2) is 9.13 Å². The van der Waals surface area contributed by atoms with Crippen molar-refractivity contribution in [2.24, 2.45) is 14.1 Å². The maximum absolute atomic E-state index is 7.83. The van der Waals surface area contributed by atoms with Gasteiger partial charge in [0.25, 0.3) is 0 Å². The second-order valence-corrected chi connectivity index (χ2v) is 34.3. The van der Waals surface area contributed by atoms with Crippen LogP contribution in [-0.2, 0) is 35.8 Å². The van der Waals surface area contributed by atoms with Crippen LogP contribution in [0.5, 0.6) is 0 Å². The third kappa shape index (κ3) is 19.3. The molecule has 0 radical (unpaired) electrons. The number of rotatable bonds is 14. The van der Waals surface area contributed by atoms with E-state index in [4.69, 9.17) is 12.3 Å². The van der Waals surface area contributed by atoms with Gasteiger partial charge in [0.15, 0.2) is 12.4 Å². The molecule has 0 saturated heterocycles. The summed E-state index contributed by atoms with van der Waals surface area (Å²) in [6.07, 6.45) is 17.1. The van der Waals surface area contributed by atoms with Crippen LogP contribution in [0.1, 0.15) is 216 Å². The molecule has 4 aliphatic rings. The van der Waals surface area contributed by atoms with E-state index in [0.717, 1.165) is 76.4 Å². The summed E-state index contributed by atoms with van der Waals surface area (Å²) >= 11 is 0. The molecule has 10 aromatic rings. The molecule has 0 aliphatic carbocycles. The molecule has 0 unspecified atom stereocenters. The minimum absolute atomic E-state index is 0.0668. The number of aryl methyl sites for hydroxylation is 10. The molecule has 0 saturated carbocycles. The lowest BCUT2D eigenvalue weighted by molar-refractivity contribution is -0.661. The summed E-state index contributed by atoms with van der Waals surface area (Å²) < 4.78 is 73.4. The van der Waals surface area contributed by atoms with E-state index in [2.05, 4.69) is 314 Å². The molecular formula is C104H140N10+2. The van der Waals surface area contributed by atoms with Crippen LogP contribution >= 0.6 is 0 Å². The van der Waals surface area contributed by atoms with Gasteiger partial charge in [-0.15, -0.1) is 0 Å². The number of benzene rings is 8. The molecule has 6 heterocycles. The Hall–Kier alpha value is -10.1. The van der Waals surface area contributed by atoms with Crippen LogP contribution < -0.4 is 38.5 Å². The van der Waals surface area contributed by atoms with Gasteiger partial charge in [0.05, 0.1) is 22.7 Å². The Bertz CT molecular complexity index is 5340. The van der Waals surface area contributed by atoms with E-state index in [1.165, 1.54) is 88.3 Å². The van der Waals surface area contributed by atoms with E-state index in [-0.39, 0.29) is 34.0 Å². The molecule has 14 rings (SSSR count). The van der Waals surface area contributed by atoms with Gasteiger partial charge in [-0.05, 0) is 236 Å². The highest BCUT2D eigenvalue weighted by Crippen LogP contribution is 2.47. The summed E-state index contributed by atoms with van der Waals surface area (Å²) in [6.45, 7) is 44.5. The Kier molecular flexibility index (Phi) is 24.5. The fourth-order valence-electron chi connectivity index (χ4n) is 15.5. The molecule has 4 atom stereocenters. The minimum atomic E-state index is -2.16. The van der Waals surface area contributed by atoms with E-state index >= 15 is 0 Å². The van der Waals surface area contributed by atoms with Gasteiger partial charge in [0.1, 0.15) is 38.8 Å². The summed E-state index contributed by atoms with van der Waals surface area (Å²) in [4.78, 5) is 16.2. The van der Waals surface area contributed by atoms with Gasteiger partial charge < -0.3 is 39.2 Å². The van der Waals surface area contributed by atoms with Crippen LogP contribution in [0.25, 0.3) is 22.5 Å². The van der Waals surface area contributed by atoms with Crippen LogP contribution in [0.3, 0.4) is 0 Å². The lowest BCUT2D eigenvalue weighted by Crippen LogP contribution is -2.37. The molecule has 0 amide bonds. The second kappa shape index (κ2) is 37.0. The highest BCUT2D eigenvalue weighted by atomic mass is 15.4. The molecule has 0 fully saturated rings. The number of anilines is 8. The fraction of sp³-hybridized carbons (Fsp3) is 0.404. The number of pyridine rings is 2. The second-order valence-electron chi connectivity index (χ2n) is 34.3. The van der Waals surface area contributed by atoms with Gasteiger partial charge in [-0.2, -0.15) is 0 Å². The normalized spacial score (nSPS) is 17.8. The molecule has 2 aromatic heterocycles. The number of aromatic nitrogens is 2. The molecule has 10 nitrogen and oxygen atoms in total. The van der Waals surface area contributed by atoms with E-state index in [1.54, 1.807) is 18.3 Å². The summed E-state index contributed by atoms with van der Waals surface area (Å²) in [6, 6.07) is 66.4. The molecular weight excluding hydrogens is 1390 g/mol. The van der Waals surface area contributed by atoms with Gasteiger partial charge >= 0.3 is 0 Å². The van der Waals surface area contributed by atoms with Crippen molar-refractivity contribution in [3.8, 4) is 22.5 Å². The van der Waals surface area contributed by atoms with E-state index < -0.39 is 20.8 Å². The van der Waals surface area contributed by atoms with Crippen LogP contribution in [-0.4, -0.2) is 62.5 Å². The first-order valence-corrected chi connectivity index (χ1v) is 41.2. The smallest absolute Gasteiger partial charge is 0.212 e. The van der Waals surface area contributed by atoms with Crippen LogP contribution in [0.2, 0.25) is 0 Å². The van der Waals surface area contributed by atoms with E-state index in [0.29, 0.717) is 17.9 Å². The molecule has 4 aliphatic heterocycles. The summed E-state index contributed by atoms with van der Waals surface area (Å²) in [5.74, 6) is 0. The third-order valence-electron chi connectivity index (χ3n) is 24.9. The maximum Gasteiger partial charge on any atom is 0.212 e. The topological polar surface area (TPSA) is 33.7 Å². The summed E-state index contributed by atoms with van der Waals surface area (Å²) in [7, 11) is 8.53. The van der Waals surface area contributed by atoms with Gasteiger partial charge in [-0.1, -0.05) is 216 Å². The predicted molar refractivity (Wildman–Crippen MR) is 494 cm³/mol. The van der Waals surface area contributed by atoms with E-state index in [9.17, 15) is 0 Å². The molecule has 0 N–H and O–H groups in total. The van der Waals surface area contributed by atoms with Crippen LogP contribution in [0.4, 0.5) is 45.5 Å². The third-order valence-corrected chi connectivity index (χ3v) is 24.9. The van der Waals surface area contributed by atoms with Crippen molar-refractivity contribution in [2.45, 2.75) is 238 Å². The number of hydrogen-bond donors (Lipinski definition) is 0. The molecule has 0 bridgehead atoms. The lowest BCUT2D eigenvalue weighted by Gasteiger charge is -2.32. The standard InChI is InChI=1S/2C24H36N.2C16H18N2.2C12H16N2/c2*1-10-23(5,6)20-15-22(19-13-12-17(3)14-18(19)4)25(9)16-21(20)24(7,8)11-2;2*1-12-8-4-5-9-14(12)18-13(2)17(3)15-10-6-7-11-16(15)18;2*1-10-6-4-5-7-12(10)14-9-8-13(3)11(14)2/h2*12-16H,10-11H2,1-9H3;2*4-11,13H,1-3H3;2*4-9,11H,1-3H3/q2*+1;;;;/t;;2*13-;2*11-/m..0000/s1/i3D3;;3D3;;3D3;. The minimum Gasteiger partial charge on any atom is -0.359 e. The first kappa shape index (κ1) is 75.3. The number of para-hydroxylation sites is 8. The van der Waals surface area contributed by atoms with Crippen molar-refractivity contribution in [3.05, 3.63) is 298 Å². The monoisotopic (exact) mass is 1540 g/mol. The SMILES string of the molecule is CCC(C)(C)c1cc(-c2ccc(C)cc2C)[n+](C)cc1C(C)(C)CC.Cc1ccccc1N1C=CN(C)[C@@H]1C.Cc1ccccc1N1c2ccccc2N(C)[C@@H]1C.[2H]C([2H])([2H])N1C=CN(c2ccccc2C)[C@H]1C.[2H]C([2H])([2H])N1c2ccccc2N(c2ccccc2C)[C@H]1C.[2H]C([2H])([2H])c1ccc(-c2cc(C(C)(C)CC)c(C(C)(C)CC)c[n+]2C)c(C)c1. The average molecular weight is 1540 g/mol. The van der Waals surface area contributed by atoms with Crippen molar-refractivity contribution in [3.63, 3.8) is 0 Å². The average Bonchev–Trinajstić information content (AvgIpc) is 1.54. The summed E-state index contributed by atoms with van der Waals surface area (Å²) in [5, 5.41) is 0. The first-order valence-electron chi connectivity index (χ1n) is 45.7. The van der Waals surface area contributed by atoms with Crippen LogP contribution in [0, 0.1) is 55.3 Å². The maximum atomic E-state index is 7.83. The number of nitrogens with zero attached hydrogens (tertiary/aromatic N) is 10. The fourth-order valence-corrected chi connectivity index (χ4v) is 15.5. The zero-order valence-electron chi connectivity index (χ0n) is 83.0.